The molecule has 1 fully saturated rings. The van der Waals surface area contributed by atoms with Gasteiger partial charge >= 0.3 is 0 Å². The molecular weight excluding hydrogens is 412 g/mol. The molecule has 5 nitrogen and oxygen atoms in total. The van der Waals surface area contributed by atoms with Crippen LogP contribution in [0.5, 0.6) is 11.5 Å². The highest BCUT2D eigenvalue weighted by atomic mass is 16.5. The zero-order chi connectivity index (χ0) is 22.6. The third-order valence-electron chi connectivity index (χ3n) is 6.10. The normalized spacial score (nSPS) is 14.0. The molecule has 5 rings (SSSR count). The summed E-state index contributed by atoms with van der Waals surface area (Å²) >= 11 is 0. The van der Waals surface area contributed by atoms with Crippen molar-refractivity contribution in [2.75, 3.05) is 14.2 Å². The molecule has 0 spiro atoms. The molecule has 1 aliphatic rings. The summed E-state index contributed by atoms with van der Waals surface area (Å²) in [4.78, 5) is 9.72. The van der Waals surface area contributed by atoms with Crippen LogP contribution in [0.3, 0.4) is 0 Å². The van der Waals surface area contributed by atoms with E-state index in [0.29, 0.717) is 28.6 Å². The first kappa shape index (κ1) is 21.1. The van der Waals surface area contributed by atoms with E-state index in [1.54, 1.807) is 14.2 Å². The van der Waals surface area contributed by atoms with E-state index in [1.807, 2.05) is 54.6 Å². The number of fused-ring (bicyclic) bond motifs is 1. The highest BCUT2D eigenvalue weighted by Gasteiger charge is 2.16. The van der Waals surface area contributed by atoms with Crippen LogP contribution in [0.15, 0.2) is 59.0 Å². The Bertz CT molecular complexity index is 1310. The van der Waals surface area contributed by atoms with Crippen LogP contribution in [0.4, 0.5) is 0 Å². The molecule has 2 aromatic carbocycles. The standard InChI is InChI=1S/C28H26N2O3/c1-31-22-13-9-20(10-14-22)26-18-25-28(33-26)30-27(21-11-15-23(32-2)16-12-21)24(29-25)17-8-19-6-4-3-5-7-19/h9-16,18-19H,3-7H2,1-2H3. The molecule has 0 aliphatic heterocycles. The second-order valence-corrected chi connectivity index (χ2v) is 8.28. The predicted molar refractivity (Wildman–Crippen MR) is 129 cm³/mol. The average molecular weight is 439 g/mol. The van der Waals surface area contributed by atoms with Crippen molar-refractivity contribution in [2.24, 2.45) is 5.92 Å². The van der Waals surface area contributed by atoms with Gasteiger partial charge in [0.1, 0.15) is 34.2 Å². The Hall–Kier alpha value is -3.78. The second kappa shape index (κ2) is 9.38. The molecule has 1 saturated carbocycles. The van der Waals surface area contributed by atoms with Crippen LogP contribution in [0, 0.1) is 17.8 Å². The maximum atomic E-state index is 6.10. The Labute approximate surface area is 193 Å². The Morgan fingerprint density at radius 2 is 1.45 bits per heavy atom. The van der Waals surface area contributed by atoms with Gasteiger partial charge in [0.2, 0.25) is 5.71 Å². The average Bonchev–Trinajstić information content (AvgIpc) is 3.30. The molecule has 0 amide bonds. The highest BCUT2D eigenvalue weighted by Crippen LogP contribution is 2.31. The molecular formula is C28H26N2O3. The number of nitrogens with zero attached hydrogens (tertiary/aromatic N) is 2. The summed E-state index contributed by atoms with van der Waals surface area (Å²) in [5, 5.41) is 0. The number of ether oxygens (including phenoxy) is 2. The predicted octanol–water partition coefficient (Wildman–Crippen LogP) is 6.51. The van der Waals surface area contributed by atoms with Gasteiger partial charge in [-0.15, -0.1) is 0 Å². The van der Waals surface area contributed by atoms with Crippen LogP contribution in [0.25, 0.3) is 33.8 Å². The Kier molecular flexibility index (Phi) is 5.99. The highest BCUT2D eigenvalue weighted by molar-refractivity contribution is 5.80. The van der Waals surface area contributed by atoms with Gasteiger partial charge in [-0.1, -0.05) is 25.2 Å². The Morgan fingerprint density at radius 1 is 0.818 bits per heavy atom. The molecule has 1 aliphatic carbocycles. The summed E-state index contributed by atoms with van der Waals surface area (Å²) in [5.74, 6) is 9.55. The van der Waals surface area contributed by atoms with Crippen molar-refractivity contribution in [3.63, 3.8) is 0 Å². The van der Waals surface area contributed by atoms with Crippen LogP contribution in [0.2, 0.25) is 0 Å². The monoisotopic (exact) mass is 438 g/mol. The van der Waals surface area contributed by atoms with Crippen molar-refractivity contribution >= 4 is 11.2 Å². The topological polar surface area (TPSA) is 57.4 Å². The van der Waals surface area contributed by atoms with Gasteiger partial charge in [0.15, 0.2) is 0 Å². The van der Waals surface area contributed by atoms with E-state index in [4.69, 9.17) is 23.9 Å². The lowest BCUT2D eigenvalue weighted by molar-refractivity contribution is 0.414. The lowest BCUT2D eigenvalue weighted by atomic mass is 9.90. The zero-order valence-electron chi connectivity index (χ0n) is 18.9. The molecule has 0 saturated heterocycles. The number of methoxy groups -OCH3 is 2. The van der Waals surface area contributed by atoms with Gasteiger partial charge in [0.25, 0.3) is 0 Å². The van der Waals surface area contributed by atoms with Crippen molar-refractivity contribution in [3.8, 4) is 45.9 Å². The van der Waals surface area contributed by atoms with E-state index in [0.717, 1.165) is 41.2 Å². The zero-order valence-corrected chi connectivity index (χ0v) is 18.9. The molecule has 2 heterocycles. The number of benzene rings is 2. The maximum absolute atomic E-state index is 6.10. The number of furan rings is 1. The van der Waals surface area contributed by atoms with E-state index in [2.05, 4.69) is 11.8 Å². The van der Waals surface area contributed by atoms with Crippen molar-refractivity contribution in [2.45, 2.75) is 32.1 Å². The third kappa shape index (κ3) is 4.56. The quantitative estimate of drug-likeness (QED) is 0.340. The fraction of sp³-hybridized carbons (Fsp3) is 0.286. The molecule has 0 bridgehead atoms. The number of rotatable bonds is 4. The van der Waals surface area contributed by atoms with Crippen molar-refractivity contribution in [3.05, 3.63) is 60.3 Å². The summed E-state index contributed by atoms with van der Waals surface area (Å²) in [6, 6.07) is 17.5. The minimum absolute atomic E-state index is 0.430. The van der Waals surface area contributed by atoms with Gasteiger partial charge < -0.3 is 13.9 Å². The fourth-order valence-electron chi connectivity index (χ4n) is 4.21. The van der Waals surface area contributed by atoms with Crippen LogP contribution in [0.1, 0.15) is 37.8 Å². The van der Waals surface area contributed by atoms with E-state index in [-0.39, 0.29) is 0 Å². The summed E-state index contributed by atoms with van der Waals surface area (Å²) in [5.41, 5.74) is 4.47. The van der Waals surface area contributed by atoms with Crippen LogP contribution < -0.4 is 9.47 Å². The van der Waals surface area contributed by atoms with Gasteiger partial charge in [-0.3, -0.25) is 0 Å². The SMILES string of the molecule is COc1ccc(-c2cc3nc(C#CC4CCCCC4)c(-c4ccc(OC)cc4)nc3o2)cc1. The smallest absolute Gasteiger partial charge is 0.246 e. The first-order valence-electron chi connectivity index (χ1n) is 11.4. The largest absolute Gasteiger partial charge is 0.497 e. The van der Waals surface area contributed by atoms with Crippen molar-refractivity contribution in [1.82, 2.24) is 9.97 Å². The van der Waals surface area contributed by atoms with Crippen LogP contribution >= 0.6 is 0 Å². The number of hydrogen-bond acceptors (Lipinski definition) is 5. The molecule has 4 aromatic rings. The molecule has 33 heavy (non-hydrogen) atoms. The number of aromatic nitrogens is 2. The minimum Gasteiger partial charge on any atom is -0.497 e. The van der Waals surface area contributed by atoms with Gasteiger partial charge in [0, 0.05) is 23.1 Å². The van der Waals surface area contributed by atoms with E-state index < -0.39 is 0 Å². The molecule has 0 radical (unpaired) electrons. The summed E-state index contributed by atoms with van der Waals surface area (Å²) in [6.07, 6.45) is 6.14. The molecule has 166 valence electrons. The number of hydrogen-bond donors (Lipinski definition) is 0. The van der Waals surface area contributed by atoms with Gasteiger partial charge in [-0.25, -0.2) is 9.97 Å². The maximum Gasteiger partial charge on any atom is 0.246 e. The van der Waals surface area contributed by atoms with E-state index in [9.17, 15) is 0 Å². The lowest BCUT2D eigenvalue weighted by Crippen LogP contribution is -2.03. The first-order chi connectivity index (χ1) is 16.2. The fourth-order valence-corrected chi connectivity index (χ4v) is 4.21. The van der Waals surface area contributed by atoms with Crippen LogP contribution in [-0.2, 0) is 0 Å². The van der Waals surface area contributed by atoms with Gasteiger partial charge in [0.05, 0.1) is 14.2 Å². The Morgan fingerprint density at radius 3 is 2.09 bits per heavy atom. The van der Waals surface area contributed by atoms with Crippen molar-refractivity contribution < 1.29 is 13.9 Å². The van der Waals surface area contributed by atoms with Gasteiger partial charge in [-0.2, -0.15) is 0 Å². The lowest BCUT2D eigenvalue weighted by Gasteiger charge is -2.15. The molecule has 5 heteroatoms. The molecule has 0 N–H and O–H groups in total. The summed E-state index contributed by atoms with van der Waals surface area (Å²) in [7, 11) is 3.31. The second-order valence-electron chi connectivity index (χ2n) is 8.28. The van der Waals surface area contributed by atoms with Gasteiger partial charge in [-0.05, 0) is 67.3 Å². The summed E-state index contributed by atoms with van der Waals surface area (Å²) < 4.78 is 16.7. The van der Waals surface area contributed by atoms with Crippen molar-refractivity contribution in [1.29, 1.82) is 0 Å². The van der Waals surface area contributed by atoms with E-state index >= 15 is 0 Å². The molecule has 0 unspecified atom stereocenters. The summed E-state index contributed by atoms with van der Waals surface area (Å²) in [6.45, 7) is 0. The first-order valence-corrected chi connectivity index (χ1v) is 11.4. The third-order valence-corrected chi connectivity index (χ3v) is 6.10. The minimum atomic E-state index is 0.430. The molecule has 0 atom stereocenters. The van der Waals surface area contributed by atoms with Crippen LogP contribution in [-0.4, -0.2) is 24.2 Å². The van der Waals surface area contributed by atoms with E-state index in [1.165, 1.54) is 19.3 Å². The Balaban J connectivity index is 1.58. The molecule has 2 aromatic heterocycles.